The van der Waals surface area contributed by atoms with Crippen LogP contribution in [0.15, 0.2) is 22.6 Å². The highest BCUT2D eigenvalue weighted by atomic mass is 19.1. The quantitative estimate of drug-likeness (QED) is 0.930. The van der Waals surface area contributed by atoms with E-state index in [2.05, 4.69) is 0 Å². The molecule has 3 rings (SSSR count). The fourth-order valence-corrected chi connectivity index (χ4v) is 2.93. The van der Waals surface area contributed by atoms with Crippen molar-refractivity contribution in [1.82, 2.24) is 0 Å². The van der Waals surface area contributed by atoms with E-state index in [0.29, 0.717) is 23.7 Å². The zero-order valence-corrected chi connectivity index (χ0v) is 11.6. The topological polar surface area (TPSA) is 42.6 Å². The van der Waals surface area contributed by atoms with Gasteiger partial charge in [-0.25, -0.2) is 4.39 Å². The van der Waals surface area contributed by atoms with Gasteiger partial charge in [-0.2, -0.15) is 0 Å². The minimum Gasteiger partial charge on any atom is -0.458 e. The number of fused-ring (bicyclic) bond motifs is 1. The van der Waals surface area contributed by atoms with Gasteiger partial charge in [-0.1, -0.05) is 0 Å². The van der Waals surface area contributed by atoms with E-state index in [9.17, 15) is 9.50 Å². The molecule has 1 N–H and O–H groups in total. The Morgan fingerprint density at radius 2 is 2.10 bits per heavy atom. The number of furan rings is 1. The van der Waals surface area contributed by atoms with Crippen LogP contribution < -0.4 is 0 Å². The molecule has 1 atom stereocenters. The average Bonchev–Trinajstić information content (AvgIpc) is 2.77. The van der Waals surface area contributed by atoms with Gasteiger partial charge in [-0.05, 0) is 50.3 Å². The molecule has 20 heavy (non-hydrogen) atoms. The lowest BCUT2D eigenvalue weighted by molar-refractivity contribution is 0.0390. The maximum Gasteiger partial charge on any atom is 0.136 e. The second-order valence-corrected chi connectivity index (χ2v) is 5.54. The van der Waals surface area contributed by atoms with Crippen molar-refractivity contribution in [1.29, 1.82) is 0 Å². The fourth-order valence-electron chi connectivity index (χ4n) is 2.93. The zero-order valence-electron chi connectivity index (χ0n) is 11.6. The zero-order chi connectivity index (χ0) is 14.1. The number of benzene rings is 1. The molecular weight excluding hydrogens is 259 g/mol. The van der Waals surface area contributed by atoms with Gasteiger partial charge in [-0.3, -0.25) is 0 Å². The predicted molar refractivity (Wildman–Crippen MR) is 74.0 cm³/mol. The lowest BCUT2D eigenvalue weighted by Gasteiger charge is -2.23. The molecule has 1 aliphatic heterocycles. The van der Waals surface area contributed by atoms with Crippen LogP contribution in [0, 0.1) is 18.7 Å². The van der Waals surface area contributed by atoms with Crippen molar-refractivity contribution in [3.8, 4) is 0 Å². The molecule has 1 saturated heterocycles. The maximum absolute atomic E-state index is 13.3. The monoisotopic (exact) mass is 278 g/mol. The van der Waals surface area contributed by atoms with Gasteiger partial charge in [0, 0.05) is 24.2 Å². The first-order valence-electron chi connectivity index (χ1n) is 7.09. The maximum atomic E-state index is 13.3. The van der Waals surface area contributed by atoms with Crippen molar-refractivity contribution < 1.29 is 18.7 Å². The third-order valence-corrected chi connectivity index (χ3v) is 4.14. The molecule has 4 heteroatoms. The molecule has 0 bridgehead atoms. The highest BCUT2D eigenvalue weighted by molar-refractivity contribution is 5.82. The van der Waals surface area contributed by atoms with Crippen molar-refractivity contribution in [2.75, 3.05) is 13.2 Å². The normalized spacial score (nSPS) is 18.6. The number of aliphatic hydroxyl groups excluding tert-OH is 1. The first kappa shape index (κ1) is 13.6. The third-order valence-electron chi connectivity index (χ3n) is 4.14. The molecule has 0 amide bonds. The van der Waals surface area contributed by atoms with E-state index < -0.39 is 6.10 Å². The molecule has 3 nitrogen and oxygen atoms in total. The molecule has 1 aromatic heterocycles. The van der Waals surface area contributed by atoms with Gasteiger partial charge < -0.3 is 14.3 Å². The molecule has 1 fully saturated rings. The fraction of sp³-hybridized carbons (Fsp3) is 0.500. The number of hydrogen-bond acceptors (Lipinski definition) is 3. The number of hydrogen-bond donors (Lipinski definition) is 1. The van der Waals surface area contributed by atoms with Crippen LogP contribution in [0.2, 0.25) is 0 Å². The smallest absolute Gasteiger partial charge is 0.136 e. The Labute approximate surface area is 117 Å². The van der Waals surface area contributed by atoms with Crippen molar-refractivity contribution in [3.05, 3.63) is 35.3 Å². The van der Waals surface area contributed by atoms with E-state index >= 15 is 0 Å². The van der Waals surface area contributed by atoms with Crippen LogP contribution in [0.25, 0.3) is 11.0 Å². The SMILES string of the molecule is Cc1c(C(O)CC2CCOCC2)oc2ccc(F)cc12. The van der Waals surface area contributed by atoms with Crippen LogP contribution in [-0.4, -0.2) is 18.3 Å². The lowest BCUT2D eigenvalue weighted by atomic mass is 9.92. The molecule has 1 aromatic carbocycles. The van der Waals surface area contributed by atoms with Crippen LogP contribution in [0.4, 0.5) is 4.39 Å². The Balaban J connectivity index is 1.83. The Kier molecular flexibility index (Phi) is 3.76. The Bertz CT molecular complexity index is 599. The van der Waals surface area contributed by atoms with Crippen LogP contribution in [0.3, 0.4) is 0 Å². The highest BCUT2D eigenvalue weighted by Gasteiger charge is 2.23. The number of rotatable bonds is 3. The van der Waals surface area contributed by atoms with Crippen molar-refractivity contribution >= 4 is 11.0 Å². The summed E-state index contributed by atoms with van der Waals surface area (Å²) in [5, 5.41) is 11.1. The first-order valence-corrected chi connectivity index (χ1v) is 7.09. The molecule has 108 valence electrons. The molecule has 0 spiro atoms. The second kappa shape index (κ2) is 5.54. The Hall–Kier alpha value is -1.39. The van der Waals surface area contributed by atoms with Crippen molar-refractivity contribution in [3.63, 3.8) is 0 Å². The molecule has 2 heterocycles. The van der Waals surface area contributed by atoms with E-state index in [1.807, 2.05) is 6.92 Å². The van der Waals surface area contributed by atoms with Gasteiger partial charge in [-0.15, -0.1) is 0 Å². The van der Waals surface area contributed by atoms with E-state index in [1.165, 1.54) is 12.1 Å². The van der Waals surface area contributed by atoms with E-state index in [-0.39, 0.29) is 5.82 Å². The summed E-state index contributed by atoms with van der Waals surface area (Å²) < 4.78 is 24.3. The van der Waals surface area contributed by atoms with Gasteiger partial charge in [0.25, 0.3) is 0 Å². The molecule has 0 saturated carbocycles. The summed E-state index contributed by atoms with van der Waals surface area (Å²) in [6.45, 7) is 3.40. The number of aryl methyl sites for hydroxylation is 1. The molecule has 2 aromatic rings. The number of halogens is 1. The number of ether oxygens (including phenoxy) is 1. The summed E-state index contributed by atoms with van der Waals surface area (Å²) in [7, 11) is 0. The van der Waals surface area contributed by atoms with E-state index in [4.69, 9.17) is 9.15 Å². The van der Waals surface area contributed by atoms with Crippen LogP contribution in [0.5, 0.6) is 0 Å². The standard InChI is InChI=1S/C16H19FO3/c1-10-13-9-12(17)2-3-15(13)20-16(10)14(18)8-11-4-6-19-7-5-11/h2-3,9,11,14,18H,4-8H2,1H3. The van der Waals surface area contributed by atoms with Crippen LogP contribution in [0.1, 0.15) is 36.7 Å². The predicted octanol–water partition coefficient (Wildman–Crippen LogP) is 3.73. The lowest BCUT2D eigenvalue weighted by Crippen LogP contribution is -2.18. The highest BCUT2D eigenvalue weighted by Crippen LogP contribution is 2.34. The average molecular weight is 278 g/mol. The summed E-state index contributed by atoms with van der Waals surface area (Å²) in [4.78, 5) is 0. The van der Waals surface area contributed by atoms with Gasteiger partial charge in [0.1, 0.15) is 23.3 Å². The number of aliphatic hydroxyl groups is 1. The summed E-state index contributed by atoms with van der Waals surface area (Å²) >= 11 is 0. The Morgan fingerprint density at radius 1 is 1.35 bits per heavy atom. The minimum atomic E-state index is -0.631. The summed E-state index contributed by atoms with van der Waals surface area (Å²) in [6, 6.07) is 4.45. The second-order valence-electron chi connectivity index (χ2n) is 5.54. The summed E-state index contributed by atoms with van der Waals surface area (Å²) in [5.41, 5.74) is 1.46. The van der Waals surface area contributed by atoms with Gasteiger partial charge in [0.05, 0.1) is 0 Å². The van der Waals surface area contributed by atoms with Gasteiger partial charge in [0.2, 0.25) is 0 Å². The minimum absolute atomic E-state index is 0.285. The molecule has 0 aliphatic carbocycles. The Morgan fingerprint density at radius 3 is 2.85 bits per heavy atom. The summed E-state index contributed by atoms with van der Waals surface area (Å²) in [5.74, 6) is 0.743. The van der Waals surface area contributed by atoms with E-state index in [0.717, 1.165) is 37.0 Å². The molecule has 1 unspecified atom stereocenters. The largest absolute Gasteiger partial charge is 0.458 e. The molecular formula is C16H19FO3. The van der Waals surface area contributed by atoms with Crippen LogP contribution in [-0.2, 0) is 4.74 Å². The van der Waals surface area contributed by atoms with Crippen molar-refractivity contribution in [2.24, 2.45) is 5.92 Å². The molecule has 0 radical (unpaired) electrons. The van der Waals surface area contributed by atoms with Crippen LogP contribution >= 0.6 is 0 Å². The van der Waals surface area contributed by atoms with Gasteiger partial charge >= 0.3 is 0 Å². The van der Waals surface area contributed by atoms with Crippen molar-refractivity contribution in [2.45, 2.75) is 32.3 Å². The first-order chi connectivity index (χ1) is 9.65. The molecule has 1 aliphatic rings. The third kappa shape index (κ3) is 2.58. The summed E-state index contributed by atoms with van der Waals surface area (Å²) in [6.07, 6.45) is 2.00. The van der Waals surface area contributed by atoms with E-state index in [1.54, 1.807) is 6.07 Å². The van der Waals surface area contributed by atoms with Gasteiger partial charge in [0.15, 0.2) is 0 Å².